The molecule has 0 radical (unpaired) electrons. The highest BCUT2D eigenvalue weighted by Crippen LogP contribution is 2.27. The Labute approximate surface area is 163 Å². The summed E-state index contributed by atoms with van der Waals surface area (Å²) in [5.41, 5.74) is 1.54. The molecule has 0 heterocycles. The molecule has 2 N–H and O–H groups in total. The van der Waals surface area contributed by atoms with E-state index in [0.29, 0.717) is 35.2 Å². The van der Waals surface area contributed by atoms with Crippen LogP contribution in [0.1, 0.15) is 5.56 Å². The number of halogens is 1. The van der Waals surface area contributed by atoms with Crippen molar-refractivity contribution in [2.45, 2.75) is 6.42 Å². The summed E-state index contributed by atoms with van der Waals surface area (Å²) < 4.78 is 10.5. The van der Waals surface area contributed by atoms with Crippen LogP contribution in [0, 0.1) is 11.3 Å². The first kappa shape index (κ1) is 20.1. The van der Waals surface area contributed by atoms with Gasteiger partial charge in [-0.05, 0) is 42.3 Å². The molecule has 0 saturated carbocycles. The lowest BCUT2D eigenvalue weighted by Crippen LogP contribution is -2.18. The molecule has 2 rings (SSSR count). The van der Waals surface area contributed by atoms with Crippen molar-refractivity contribution in [1.82, 2.24) is 5.32 Å². The van der Waals surface area contributed by atoms with E-state index >= 15 is 0 Å². The number of benzene rings is 2. The fraction of sp³-hybridized carbons (Fsp3) is 0.200. The number of rotatable bonds is 8. The third-order valence-electron chi connectivity index (χ3n) is 3.70. The predicted octanol–water partition coefficient (Wildman–Crippen LogP) is 3.54. The Morgan fingerprint density at radius 2 is 1.96 bits per heavy atom. The summed E-state index contributed by atoms with van der Waals surface area (Å²) in [5.74, 6) is 0.820. The number of hydrogen-bond acceptors (Lipinski definition) is 5. The fourth-order valence-electron chi connectivity index (χ4n) is 2.34. The molecule has 0 atom stereocenters. The van der Waals surface area contributed by atoms with Crippen LogP contribution in [0.15, 0.2) is 54.2 Å². The topological polar surface area (TPSA) is 83.4 Å². The number of nitrogens with zero attached hydrogens (tertiary/aromatic N) is 1. The maximum Gasteiger partial charge on any atom is 0.267 e. The minimum absolute atomic E-state index is 0.0257. The van der Waals surface area contributed by atoms with Gasteiger partial charge in [-0.3, -0.25) is 4.79 Å². The van der Waals surface area contributed by atoms with Crippen LogP contribution in [0.2, 0.25) is 5.02 Å². The lowest BCUT2D eigenvalue weighted by Gasteiger charge is -2.09. The second-order valence-electron chi connectivity index (χ2n) is 5.53. The number of carbonyl (C=O) groups is 1. The van der Waals surface area contributed by atoms with Crippen LogP contribution in [0.3, 0.4) is 0 Å². The van der Waals surface area contributed by atoms with Gasteiger partial charge in [-0.2, -0.15) is 5.26 Å². The number of methoxy groups -OCH3 is 2. The van der Waals surface area contributed by atoms with Crippen LogP contribution in [-0.2, 0) is 11.2 Å². The first-order valence-electron chi connectivity index (χ1n) is 8.19. The van der Waals surface area contributed by atoms with Gasteiger partial charge >= 0.3 is 0 Å². The molecular formula is C20H20ClN3O3. The lowest BCUT2D eigenvalue weighted by atomic mass is 10.1. The quantitative estimate of drug-likeness (QED) is 0.412. The van der Waals surface area contributed by atoms with Gasteiger partial charge < -0.3 is 20.1 Å². The SMILES string of the molecule is COc1ccc(CCN/C=C(/C#N)C(=O)Nc2cccc(Cl)c2)cc1OC. The monoisotopic (exact) mass is 385 g/mol. The fourth-order valence-corrected chi connectivity index (χ4v) is 2.53. The van der Waals surface area contributed by atoms with Crippen LogP contribution in [0.4, 0.5) is 5.69 Å². The van der Waals surface area contributed by atoms with Gasteiger partial charge in [0, 0.05) is 23.5 Å². The molecule has 0 saturated heterocycles. The average molecular weight is 386 g/mol. The number of nitrogens with one attached hydrogen (secondary N) is 2. The van der Waals surface area contributed by atoms with E-state index in [9.17, 15) is 10.1 Å². The van der Waals surface area contributed by atoms with Crippen molar-refractivity contribution in [3.05, 3.63) is 64.8 Å². The highest BCUT2D eigenvalue weighted by Gasteiger charge is 2.09. The Balaban J connectivity index is 1.91. The van der Waals surface area contributed by atoms with E-state index < -0.39 is 5.91 Å². The summed E-state index contributed by atoms with van der Waals surface area (Å²) in [6.45, 7) is 0.547. The summed E-state index contributed by atoms with van der Waals surface area (Å²) in [6.07, 6.45) is 2.09. The highest BCUT2D eigenvalue weighted by molar-refractivity contribution is 6.31. The molecule has 27 heavy (non-hydrogen) atoms. The minimum Gasteiger partial charge on any atom is -0.493 e. The van der Waals surface area contributed by atoms with Crippen LogP contribution in [-0.4, -0.2) is 26.7 Å². The zero-order valence-electron chi connectivity index (χ0n) is 15.1. The molecule has 140 valence electrons. The second kappa shape index (κ2) is 10.1. The largest absolute Gasteiger partial charge is 0.493 e. The molecule has 1 amide bonds. The first-order valence-corrected chi connectivity index (χ1v) is 8.56. The third kappa shape index (κ3) is 5.94. The van der Waals surface area contributed by atoms with E-state index in [1.165, 1.54) is 6.20 Å². The van der Waals surface area contributed by atoms with Crippen molar-refractivity contribution in [2.24, 2.45) is 0 Å². The molecule has 7 heteroatoms. The summed E-state index contributed by atoms with van der Waals surface area (Å²) in [4.78, 5) is 12.2. The van der Waals surface area contributed by atoms with Gasteiger partial charge in [0.05, 0.1) is 14.2 Å². The summed E-state index contributed by atoms with van der Waals surface area (Å²) in [5, 5.41) is 15.3. The summed E-state index contributed by atoms with van der Waals surface area (Å²) in [6, 6.07) is 14.3. The standard InChI is InChI=1S/C20H20ClN3O3/c1-26-18-7-6-14(10-19(18)27-2)8-9-23-13-15(12-22)20(25)24-17-5-3-4-16(21)11-17/h3-7,10-11,13,23H,8-9H2,1-2H3,(H,24,25)/b15-13-. The molecule has 0 aromatic heterocycles. The van der Waals surface area contributed by atoms with Crippen LogP contribution >= 0.6 is 11.6 Å². The third-order valence-corrected chi connectivity index (χ3v) is 3.94. The Morgan fingerprint density at radius 1 is 1.19 bits per heavy atom. The molecular weight excluding hydrogens is 366 g/mol. The molecule has 0 aliphatic heterocycles. The Bertz CT molecular complexity index is 875. The van der Waals surface area contributed by atoms with Crippen molar-refractivity contribution >= 4 is 23.2 Å². The maximum atomic E-state index is 12.2. The zero-order valence-corrected chi connectivity index (χ0v) is 15.8. The summed E-state index contributed by atoms with van der Waals surface area (Å²) in [7, 11) is 3.17. The van der Waals surface area contributed by atoms with E-state index in [0.717, 1.165) is 5.56 Å². The van der Waals surface area contributed by atoms with Crippen LogP contribution in [0.25, 0.3) is 0 Å². The van der Waals surface area contributed by atoms with Gasteiger partial charge in [0.25, 0.3) is 5.91 Å². The van der Waals surface area contributed by atoms with Gasteiger partial charge in [0.15, 0.2) is 11.5 Å². The Hall–Kier alpha value is -3.17. The van der Waals surface area contributed by atoms with Crippen molar-refractivity contribution in [3.8, 4) is 17.6 Å². The Morgan fingerprint density at radius 3 is 2.63 bits per heavy atom. The van der Waals surface area contributed by atoms with Gasteiger partial charge in [-0.25, -0.2) is 0 Å². The average Bonchev–Trinajstić information content (AvgIpc) is 2.67. The lowest BCUT2D eigenvalue weighted by molar-refractivity contribution is -0.112. The van der Waals surface area contributed by atoms with Crippen molar-refractivity contribution < 1.29 is 14.3 Å². The second-order valence-corrected chi connectivity index (χ2v) is 5.96. The molecule has 2 aromatic carbocycles. The number of ether oxygens (including phenoxy) is 2. The van der Waals surface area contributed by atoms with E-state index in [4.69, 9.17) is 21.1 Å². The van der Waals surface area contributed by atoms with Crippen LogP contribution < -0.4 is 20.1 Å². The molecule has 0 bridgehead atoms. The molecule has 0 fully saturated rings. The van der Waals surface area contributed by atoms with Crippen LogP contribution in [0.5, 0.6) is 11.5 Å². The van der Waals surface area contributed by atoms with E-state index in [1.54, 1.807) is 38.5 Å². The minimum atomic E-state index is -0.501. The van der Waals surface area contributed by atoms with Gasteiger partial charge in [0.1, 0.15) is 11.6 Å². The molecule has 0 aliphatic carbocycles. The van der Waals surface area contributed by atoms with E-state index in [1.807, 2.05) is 24.3 Å². The number of hydrogen-bond donors (Lipinski definition) is 2. The van der Waals surface area contributed by atoms with Crippen molar-refractivity contribution in [3.63, 3.8) is 0 Å². The van der Waals surface area contributed by atoms with Gasteiger partial charge in [0.2, 0.25) is 0 Å². The number of amides is 1. The number of nitriles is 1. The smallest absolute Gasteiger partial charge is 0.267 e. The van der Waals surface area contributed by atoms with E-state index in [2.05, 4.69) is 10.6 Å². The zero-order chi connectivity index (χ0) is 19.6. The Kier molecular flexibility index (Phi) is 7.53. The highest BCUT2D eigenvalue weighted by atomic mass is 35.5. The number of anilines is 1. The molecule has 0 spiro atoms. The maximum absolute atomic E-state index is 12.2. The predicted molar refractivity (Wildman–Crippen MR) is 105 cm³/mol. The molecule has 0 aliphatic rings. The van der Waals surface area contributed by atoms with Gasteiger partial charge in [-0.15, -0.1) is 0 Å². The normalized spacial score (nSPS) is 10.7. The number of carbonyl (C=O) groups excluding carboxylic acids is 1. The first-order chi connectivity index (χ1) is 13.1. The van der Waals surface area contributed by atoms with Crippen molar-refractivity contribution in [1.29, 1.82) is 5.26 Å². The molecule has 0 unspecified atom stereocenters. The molecule has 2 aromatic rings. The summed E-state index contributed by atoms with van der Waals surface area (Å²) >= 11 is 5.88. The van der Waals surface area contributed by atoms with E-state index in [-0.39, 0.29) is 5.57 Å². The van der Waals surface area contributed by atoms with Gasteiger partial charge in [-0.1, -0.05) is 23.7 Å². The molecule has 6 nitrogen and oxygen atoms in total. The van der Waals surface area contributed by atoms with Crippen molar-refractivity contribution in [2.75, 3.05) is 26.1 Å².